The van der Waals surface area contributed by atoms with Crippen LogP contribution in [0.2, 0.25) is 0 Å². The first kappa shape index (κ1) is 27.9. The SMILES string of the molecule is OC[C@H]1O[C@H](OC[C@H]2OC(O[C@H]3C(O)O[C@H](CO)[C@@H](O)[C@@H]3O)[C@H](O)[C@@H](O)[C@@H]2O)[C@H](O)[C@@H](O)[C@@H]1O. The van der Waals surface area contributed by atoms with E-state index in [2.05, 4.69) is 0 Å². The molecule has 3 aliphatic heterocycles. The van der Waals surface area contributed by atoms with Crippen LogP contribution in [0.15, 0.2) is 0 Å². The Bertz CT molecular complexity index is 639. The Labute approximate surface area is 192 Å². The molecule has 3 fully saturated rings. The summed E-state index contributed by atoms with van der Waals surface area (Å²) < 4.78 is 26.1. The lowest BCUT2D eigenvalue weighted by Gasteiger charge is -2.45. The molecular weight excluding hydrogens is 472 g/mol. The first-order valence-electron chi connectivity index (χ1n) is 10.6. The molecule has 3 heterocycles. The highest BCUT2D eigenvalue weighted by Gasteiger charge is 2.51. The van der Waals surface area contributed by atoms with Crippen LogP contribution in [-0.2, 0) is 23.7 Å². The van der Waals surface area contributed by atoms with E-state index < -0.39 is 112 Å². The highest BCUT2D eigenvalue weighted by molar-refractivity contribution is 4.94. The van der Waals surface area contributed by atoms with Gasteiger partial charge in [-0.05, 0) is 0 Å². The molecule has 3 rings (SSSR count). The van der Waals surface area contributed by atoms with Crippen molar-refractivity contribution in [2.24, 2.45) is 0 Å². The minimum absolute atomic E-state index is 0.616. The predicted molar refractivity (Wildman–Crippen MR) is 101 cm³/mol. The van der Waals surface area contributed by atoms with Crippen molar-refractivity contribution in [3.63, 3.8) is 0 Å². The molecule has 16 nitrogen and oxygen atoms in total. The number of aliphatic hydroxyl groups excluding tert-OH is 11. The molecule has 200 valence electrons. The maximum Gasteiger partial charge on any atom is 0.187 e. The molecule has 0 amide bonds. The fourth-order valence-corrected chi connectivity index (χ4v) is 3.94. The summed E-state index contributed by atoms with van der Waals surface area (Å²) in [5.74, 6) is 0. The van der Waals surface area contributed by atoms with Crippen molar-refractivity contribution in [1.29, 1.82) is 0 Å². The number of rotatable bonds is 7. The number of ether oxygens (including phenoxy) is 5. The number of hydrogen-bond donors (Lipinski definition) is 11. The molecule has 0 radical (unpaired) electrons. The van der Waals surface area contributed by atoms with Crippen LogP contribution < -0.4 is 0 Å². The van der Waals surface area contributed by atoms with E-state index in [1.807, 2.05) is 0 Å². The Morgan fingerprint density at radius 3 is 1.56 bits per heavy atom. The molecule has 15 atom stereocenters. The van der Waals surface area contributed by atoms with Crippen LogP contribution >= 0.6 is 0 Å². The third-order valence-corrected chi connectivity index (χ3v) is 6.08. The summed E-state index contributed by atoms with van der Waals surface area (Å²) in [4.78, 5) is 0. The third-order valence-electron chi connectivity index (χ3n) is 6.08. The van der Waals surface area contributed by atoms with E-state index in [9.17, 15) is 51.1 Å². The Morgan fingerprint density at radius 1 is 0.500 bits per heavy atom. The van der Waals surface area contributed by atoms with Crippen molar-refractivity contribution in [2.75, 3.05) is 19.8 Å². The molecule has 0 saturated carbocycles. The van der Waals surface area contributed by atoms with Gasteiger partial charge in [-0.1, -0.05) is 0 Å². The Hall–Kier alpha value is -0.640. The lowest BCUT2D eigenvalue weighted by atomic mass is 9.97. The van der Waals surface area contributed by atoms with E-state index in [0.29, 0.717) is 0 Å². The van der Waals surface area contributed by atoms with E-state index in [0.717, 1.165) is 0 Å². The molecule has 0 aromatic heterocycles. The predicted octanol–water partition coefficient (Wildman–Crippen LogP) is -7.57. The summed E-state index contributed by atoms with van der Waals surface area (Å²) in [7, 11) is 0. The van der Waals surface area contributed by atoms with Gasteiger partial charge in [-0.2, -0.15) is 0 Å². The van der Waals surface area contributed by atoms with Gasteiger partial charge < -0.3 is 79.9 Å². The van der Waals surface area contributed by atoms with Crippen molar-refractivity contribution in [3.05, 3.63) is 0 Å². The summed E-state index contributed by atoms with van der Waals surface area (Å²) in [5.41, 5.74) is 0. The second kappa shape index (κ2) is 11.6. The van der Waals surface area contributed by atoms with Crippen molar-refractivity contribution in [1.82, 2.24) is 0 Å². The summed E-state index contributed by atoms with van der Waals surface area (Å²) in [6.07, 6.45) is -25.0. The van der Waals surface area contributed by atoms with E-state index in [1.165, 1.54) is 0 Å². The van der Waals surface area contributed by atoms with E-state index in [-0.39, 0.29) is 0 Å². The highest BCUT2D eigenvalue weighted by Crippen LogP contribution is 2.29. The second-order valence-electron chi connectivity index (χ2n) is 8.37. The van der Waals surface area contributed by atoms with Gasteiger partial charge in [0.15, 0.2) is 18.9 Å². The minimum Gasteiger partial charge on any atom is -0.394 e. The molecule has 0 aromatic carbocycles. The molecule has 2 unspecified atom stereocenters. The molecule has 11 N–H and O–H groups in total. The molecular formula is C18H32O16. The fourth-order valence-electron chi connectivity index (χ4n) is 3.94. The van der Waals surface area contributed by atoms with E-state index in [1.54, 1.807) is 0 Å². The lowest BCUT2D eigenvalue weighted by Crippen LogP contribution is -2.64. The van der Waals surface area contributed by atoms with Crippen molar-refractivity contribution >= 4 is 0 Å². The average Bonchev–Trinajstić information content (AvgIpc) is 2.82. The smallest absolute Gasteiger partial charge is 0.187 e. The van der Waals surface area contributed by atoms with Gasteiger partial charge in [0.05, 0.1) is 19.8 Å². The largest absolute Gasteiger partial charge is 0.394 e. The van der Waals surface area contributed by atoms with Crippen LogP contribution in [0.25, 0.3) is 0 Å². The lowest BCUT2D eigenvalue weighted by molar-refractivity contribution is -0.367. The topological polar surface area (TPSA) is 269 Å². The van der Waals surface area contributed by atoms with Crippen LogP contribution in [0.4, 0.5) is 0 Å². The Morgan fingerprint density at radius 2 is 0.971 bits per heavy atom. The van der Waals surface area contributed by atoms with Crippen LogP contribution in [0.3, 0.4) is 0 Å². The standard InChI is InChI=1S/C18H32O16/c19-1-4-8(22)12(26)15(16(29)31-4)34-18-14(28)11(25)9(23)6(33-18)3-30-17-13(27)10(24)7(21)5(2-20)32-17/h4-29H,1-3H2/t4-,5-,6-,7-,8-,9-,10+,11+,12+,13-,14-,15-,16?,17+,18?/m1/s1. The molecule has 0 aliphatic carbocycles. The zero-order chi connectivity index (χ0) is 25.3. The summed E-state index contributed by atoms with van der Waals surface area (Å²) in [5, 5.41) is 109. The first-order valence-corrected chi connectivity index (χ1v) is 10.6. The zero-order valence-electron chi connectivity index (χ0n) is 17.7. The minimum atomic E-state index is -1.88. The van der Waals surface area contributed by atoms with Crippen LogP contribution in [0, 0.1) is 0 Å². The molecule has 3 aliphatic rings. The molecule has 16 heteroatoms. The van der Waals surface area contributed by atoms with Gasteiger partial charge in [0, 0.05) is 0 Å². The molecule has 0 bridgehead atoms. The van der Waals surface area contributed by atoms with Gasteiger partial charge >= 0.3 is 0 Å². The van der Waals surface area contributed by atoms with Crippen LogP contribution in [-0.4, -0.2) is 168 Å². The zero-order valence-corrected chi connectivity index (χ0v) is 17.7. The quantitative estimate of drug-likeness (QED) is 0.154. The van der Waals surface area contributed by atoms with Gasteiger partial charge in [0.2, 0.25) is 0 Å². The molecule has 0 spiro atoms. The summed E-state index contributed by atoms with van der Waals surface area (Å²) >= 11 is 0. The average molecular weight is 504 g/mol. The van der Waals surface area contributed by atoms with Gasteiger partial charge in [0.25, 0.3) is 0 Å². The second-order valence-corrected chi connectivity index (χ2v) is 8.37. The maximum absolute atomic E-state index is 10.2. The summed E-state index contributed by atoms with van der Waals surface area (Å²) in [6.45, 7) is -2.03. The normalized spacial score (nSPS) is 52.5. The highest BCUT2D eigenvalue weighted by atomic mass is 16.7. The molecule has 0 aromatic rings. The van der Waals surface area contributed by atoms with Crippen LogP contribution in [0.1, 0.15) is 0 Å². The number of aliphatic hydroxyl groups is 11. The van der Waals surface area contributed by atoms with Gasteiger partial charge in [-0.15, -0.1) is 0 Å². The maximum atomic E-state index is 10.2. The van der Waals surface area contributed by atoms with E-state index in [4.69, 9.17) is 28.8 Å². The van der Waals surface area contributed by atoms with Crippen LogP contribution in [0.5, 0.6) is 0 Å². The Kier molecular flexibility index (Phi) is 9.54. The fraction of sp³-hybridized carbons (Fsp3) is 1.00. The summed E-state index contributed by atoms with van der Waals surface area (Å²) in [6, 6.07) is 0. The Balaban J connectivity index is 1.64. The van der Waals surface area contributed by atoms with Crippen molar-refractivity contribution in [2.45, 2.75) is 92.1 Å². The molecule has 3 saturated heterocycles. The molecule has 34 heavy (non-hydrogen) atoms. The third kappa shape index (κ3) is 5.52. The van der Waals surface area contributed by atoms with Crippen molar-refractivity contribution in [3.8, 4) is 0 Å². The van der Waals surface area contributed by atoms with Crippen molar-refractivity contribution < 1.29 is 79.9 Å². The van der Waals surface area contributed by atoms with Gasteiger partial charge in [-0.3, -0.25) is 0 Å². The van der Waals surface area contributed by atoms with E-state index >= 15 is 0 Å². The monoisotopic (exact) mass is 504 g/mol. The van der Waals surface area contributed by atoms with Gasteiger partial charge in [-0.25, -0.2) is 0 Å². The first-order chi connectivity index (χ1) is 16.0. The van der Waals surface area contributed by atoms with Gasteiger partial charge in [0.1, 0.15) is 73.2 Å². The number of hydrogen-bond acceptors (Lipinski definition) is 16.